The molecular weight excluding hydrogens is 747 g/mol. The highest BCUT2D eigenvalue weighted by Crippen LogP contribution is 2.46. The van der Waals surface area contributed by atoms with Gasteiger partial charge in [-0.1, -0.05) is 26.0 Å². The number of hydrogen-bond acceptors (Lipinski definition) is 12. The van der Waals surface area contributed by atoms with Crippen molar-refractivity contribution in [2.75, 3.05) is 34.0 Å². The maximum absolute atomic E-state index is 14.4. The lowest BCUT2D eigenvalue weighted by atomic mass is 10.1. The summed E-state index contributed by atoms with van der Waals surface area (Å²) in [5, 5.41) is 5.77. The number of carbonyl (C=O) groups excluding carboxylic acids is 3. The van der Waals surface area contributed by atoms with Crippen LogP contribution in [0.5, 0.6) is 11.5 Å². The third-order valence-corrected chi connectivity index (χ3v) is 13.6. The molecule has 2 aromatic heterocycles. The van der Waals surface area contributed by atoms with E-state index < -0.39 is 62.7 Å². The summed E-state index contributed by atoms with van der Waals surface area (Å²) in [4.78, 5) is 53.7. The molecule has 1 aromatic carbocycles. The van der Waals surface area contributed by atoms with Crippen LogP contribution in [0.25, 0.3) is 21.6 Å². The summed E-state index contributed by atoms with van der Waals surface area (Å²) in [6.07, 6.45) is 5.65. The van der Waals surface area contributed by atoms with Gasteiger partial charge in [-0.15, -0.1) is 11.3 Å². The zero-order valence-electron chi connectivity index (χ0n) is 31.8. The Labute approximate surface area is 325 Å². The van der Waals surface area contributed by atoms with Crippen LogP contribution in [-0.4, -0.2) is 104 Å². The Hall–Kier alpha value is -4.12. The van der Waals surface area contributed by atoms with Crippen LogP contribution in [0.1, 0.15) is 76.0 Å². The van der Waals surface area contributed by atoms with Gasteiger partial charge in [0.15, 0.2) is 6.10 Å². The van der Waals surface area contributed by atoms with Gasteiger partial charge in [-0.2, -0.15) is 0 Å². The van der Waals surface area contributed by atoms with E-state index in [9.17, 15) is 22.8 Å². The van der Waals surface area contributed by atoms with Crippen molar-refractivity contribution in [3.63, 3.8) is 0 Å². The fraction of sp³-hybridized carbons (Fsp3) is 0.564. The Balaban J connectivity index is 1.23. The number of allylic oxidation sites excluding steroid dienone is 1. The molecule has 14 nitrogen and oxygen atoms in total. The SMILES string of the molecule is COC[C@H]1OCCCC/C=C\[C@@H]2C[C@@]2(C(=O)NS(=O)(=O)C2CC2)NC(=O)[C@@H]2C[C@@H](Oc3cc(-c4nc(C(C)C)cs4)nc4c(C)c(OC)ccc34)CN2C1=O. The summed E-state index contributed by atoms with van der Waals surface area (Å²) in [6.45, 7) is 6.43. The van der Waals surface area contributed by atoms with Gasteiger partial charge < -0.3 is 29.2 Å². The molecule has 16 heteroatoms. The second-order valence-electron chi connectivity index (χ2n) is 15.2. The molecule has 2 saturated carbocycles. The summed E-state index contributed by atoms with van der Waals surface area (Å²) < 4.78 is 51.8. The van der Waals surface area contributed by atoms with Crippen LogP contribution in [-0.2, 0) is 33.9 Å². The maximum atomic E-state index is 14.4. The number of carbonyl (C=O) groups is 3. The second-order valence-corrected chi connectivity index (χ2v) is 18.0. The number of rotatable bonds is 10. The van der Waals surface area contributed by atoms with Crippen LogP contribution >= 0.6 is 11.3 Å². The fourth-order valence-corrected chi connectivity index (χ4v) is 9.68. The van der Waals surface area contributed by atoms with E-state index in [1.165, 1.54) is 23.3 Å². The number of hydrogen-bond donors (Lipinski definition) is 2. The van der Waals surface area contributed by atoms with E-state index in [0.29, 0.717) is 55.0 Å². The first kappa shape index (κ1) is 39.1. The Kier molecular flexibility index (Phi) is 11.2. The predicted octanol–water partition coefficient (Wildman–Crippen LogP) is 4.40. The quantitative estimate of drug-likeness (QED) is 0.279. The van der Waals surface area contributed by atoms with E-state index in [1.807, 2.05) is 42.7 Å². The summed E-state index contributed by atoms with van der Waals surface area (Å²) in [5.74, 6) is -0.782. The monoisotopic (exact) mass is 795 g/mol. The number of nitrogens with one attached hydrogen (secondary N) is 2. The number of aromatic nitrogens is 2. The number of amides is 3. The summed E-state index contributed by atoms with van der Waals surface area (Å²) in [7, 11) is -0.784. The molecule has 2 aliphatic carbocycles. The molecule has 7 rings (SSSR count). The van der Waals surface area contributed by atoms with Crippen molar-refractivity contribution in [2.24, 2.45) is 5.92 Å². The third-order valence-electron chi connectivity index (χ3n) is 10.9. The number of methoxy groups -OCH3 is 2. The number of sulfonamides is 1. The van der Waals surface area contributed by atoms with Crippen LogP contribution in [0, 0.1) is 12.8 Å². The fourth-order valence-electron chi connectivity index (χ4n) is 7.38. The van der Waals surface area contributed by atoms with Crippen molar-refractivity contribution in [1.82, 2.24) is 24.9 Å². The minimum Gasteiger partial charge on any atom is -0.496 e. The molecule has 4 heterocycles. The average molecular weight is 796 g/mol. The number of pyridine rings is 1. The highest BCUT2D eigenvalue weighted by molar-refractivity contribution is 7.91. The van der Waals surface area contributed by atoms with E-state index >= 15 is 0 Å². The maximum Gasteiger partial charge on any atom is 0.259 e. The number of thiazole rings is 1. The van der Waals surface area contributed by atoms with Gasteiger partial charge >= 0.3 is 0 Å². The van der Waals surface area contributed by atoms with Crippen molar-refractivity contribution in [3.05, 3.63) is 47.0 Å². The first-order valence-electron chi connectivity index (χ1n) is 18.9. The molecule has 0 bridgehead atoms. The van der Waals surface area contributed by atoms with E-state index in [-0.39, 0.29) is 31.9 Å². The molecule has 0 radical (unpaired) electrons. The van der Waals surface area contributed by atoms with Crippen LogP contribution in [0.3, 0.4) is 0 Å². The van der Waals surface area contributed by atoms with Gasteiger partial charge in [0.25, 0.3) is 11.8 Å². The first-order chi connectivity index (χ1) is 26.3. The van der Waals surface area contributed by atoms with Gasteiger partial charge in [0.05, 0.1) is 36.7 Å². The lowest BCUT2D eigenvalue weighted by Crippen LogP contribution is -2.57. The Bertz CT molecular complexity index is 2100. The molecule has 0 spiro atoms. The number of benzene rings is 1. The van der Waals surface area contributed by atoms with Gasteiger partial charge in [-0.25, -0.2) is 18.4 Å². The smallest absolute Gasteiger partial charge is 0.259 e. The zero-order chi connectivity index (χ0) is 39.1. The van der Waals surface area contributed by atoms with Crippen molar-refractivity contribution in [3.8, 4) is 22.2 Å². The van der Waals surface area contributed by atoms with E-state index in [1.54, 1.807) is 7.11 Å². The largest absolute Gasteiger partial charge is 0.496 e. The standard InChI is InChI=1S/C39H49N5O9S2/c1-22(2)29-21-54-36(41-29)28-17-32(27-13-14-31(51-5)23(3)34(27)40-28)53-25-16-30-35(45)42-39(38(47)43-55(48,49)26-11-12-26)18-24(39)10-8-6-7-9-15-52-33(20-50-4)37(46)44(30)19-25/h8,10,13-14,17,21-22,24-26,30,33H,6-7,9,11-12,15-16,18-20H2,1-5H3,(H,42,45)(H,43,47)/b10-8-/t24-,25-,30+,33-,39-/m1/s1. The van der Waals surface area contributed by atoms with Crippen molar-refractivity contribution < 1.29 is 41.7 Å². The second kappa shape index (κ2) is 15.8. The number of nitrogens with zero attached hydrogens (tertiary/aromatic N) is 3. The third kappa shape index (κ3) is 8.09. The predicted molar refractivity (Wildman–Crippen MR) is 206 cm³/mol. The van der Waals surface area contributed by atoms with Crippen LogP contribution in [0.15, 0.2) is 35.7 Å². The summed E-state index contributed by atoms with van der Waals surface area (Å²) >= 11 is 1.49. The summed E-state index contributed by atoms with van der Waals surface area (Å²) in [5.41, 5.74) is 1.59. The van der Waals surface area contributed by atoms with Crippen LogP contribution < -0.4 is 19.5 Å². The Morgan fingerprint density at radius 3 is 2.67 bits per heavy atom. The van der Waals surface area contributed by atoms with Gasteiger partial charge in [0.1, 0.15) is 39.9 Å². The Morgan fingerprint density at radius 1 is 1.16 bits per heavy atom. The average Bonchev–Trinajstić information content (AvgIpc) is 4.03. The molecule has 296 valence electrons. The minimum atomic E-state index is -3.87. The molecule has 3 amide bonds. The lowest BCUT2D eigenvalue weighted by molar-refractivity contribution is -0.151. The van der Waals surface area contributed by atoms with Crippen LogP contribution in [0.4, 0.5) is 0 Å². The van der Waals surface area contributed by atoms with E-state index in [2.05, 4.69) is 23.9 Å². The number of ether oxygens (including phenoxy) is 4. The summed E-state index contributed by atoms with van der Waals surface area (Å²) in [6, 6.07) is 4.51. The molecule has 5 atom stereocenters. The van der Waals surface area contributed by atoms with Gasteiger partial charge in [0, 0.05) is 48.5 Å². The first-order valence-corrected chi connectivity index (χ1v) is 21.3. The molecule has 4 aliphatic rings. The zero-order valence-corrected chi connectivity index (χ0v) is 33.5. The molecular formula is C39H49N5O9S2. The van der Waals surface area contributed by atoms with Crippen LogP contribution in [0.2, 0.25) is 0 Å². The minimum absolute atomic E-state index is 0.0197. The molecule has 1 saturated heterocycles. The Morgan fingerprint density at radius 2 is 1.96 bits per heavy atom. The van der Waals surface area contributed by atoms with Crippen molar-refractivity contribution >= 4 is 50.0 Å². The number of fused-ring (bicyclic) bond motifs is 3. The van der Waals surface area contributed by atoms with Crippen molar-refractivity contribution in [1.29, 1.82) is 0 Å². The van der Waals surface area contributed by atoms with Gasteiger partial charge in [0.2, 0.25) is 15.9 Å². The normalized spacial score (nSPS) is 26.8. The molecule has 2 aliphatic heterocycles. The number of aryl methyl sites for hydroxylation is 1. The molecule has 3 aromatic rings. The molecule has 0 unspecified atom stereocenters. The molecule has 2 N–H and O–H groups in total. The van der Waals surface area contributed by atoms with Gasteiger partial charge in [-0.05, 0) is 63.5 Å². The van der Waals surface area contributed by atoms with E-state index in [0.717, 1.165) is 28.1 Å². The van der Waals surface area contributed by atoms with E-state index in [4.69, 9.17) is 28.9 Å². The topological polar surface area (TPSA) is 175 Å². The van der Waals surface area contributed by atoms with Crippen molar-refractivity contribution in [2.45, 2.75) is 101 Å². The highest BCUT2D eigenvalue weighted by atomic mass is 32.2. The highest BCUT2D eigenvalue weighted by Gasteiger charge is 2.62. The molecule has 3 fully saturated rings. The molecule has 55 heavy (non-hydrogen) atoms. The van der Waals surface area contributed by atoms with Gasteiger partial charge in [-0.3, -0.25) is 19.1 Å². The lowest BCUT2D eigenvalue weighted by Gasteiger charge is -2.29.